The number of nitrogens with two attached hydrogens (primary N) is 1. The fraction of sp³-hybridized carbons (Fsp3) is 0.217. The molecule has 4 rings (SSSR count). The maximum Gasteiger partial charge on any atom is 0.270 e. The molecule has 1 atom stereocenters. The molecule has 5 N–H and O–H groups in total. The van der Waals surface area contributed by atoms with Crippen molar-refractivity contribution < 1.29 is 18.4 Å². The fourth-order valence-corrected chi connectivity index (χ4v) is 4.23. The van der Waals surface area contributed by atoms with Crippen LogP contribution in [0.15, 0.2) is 64.0 Å². The van der Waals surface area contributed by atoms with Crippen molar-refractivity contribution in [1.82, 2.24) is 25.5 Å². The largest absolute Gasteiger partial charge is 0.414 e. The molecule has 0 saturated carbocycles. The minimum Gasteiger partial charge on any atom is -0.414 e. The normalized spacial score (nSPS) is 11.7. The Kier molecular flexibility index (Phi) is 7.99. The van der Waals surface area contributed by atoms with Crippen LogP contribution in [0.4, 0.5) is 5.82 Å². The zero-order valence-corrected chi connectivity index (χ0v) is 19.2. The van der Waals surface area contributed by atoms with Crippen LogP contribution in [0, 0.1) is 0 Å². The molecule has 178 valence electrons. The van der Waals surface area contributed by atoms with Gasteiger partial charge in [0.15, 0.2) is 11.5 Å². The molecule has 10 heteroatoms. The molecule has 4 aromatic rings. The molecular weight excluding hydrogens is 440 g/mol. The molecule has 0 fully saturated rings. The van der Waals surface area contributed by atoms with Crippen LogP contribution in [0.2, 0.25) is 0 Å². The highest BCUT2D eigenvalue weighted by Gasteiger charge is 2.17. The highest BCUT2D eigenvalue weighted by Crippen LogP contribution is 2.28. The first-order chi connectivity index (χ1) is 15.6. The zero-order valence-electron chi connectivity index (χ0n) is 18.4. The van der Waals surface area contributed by atoms with Crippen molar-refractivity contribution in [3.63, 3.8) is 0 Å². The SMILES string of the molecule is CCCS(=O)c1ccc(-c2cnc(N)c(-c3nnc(-c4ccc(CNC)cc4)o3)n2)cc1.O.[HH].[HH].[HH]. The molecule has 1 unspecified atom stereocenters. The van der Waals surface area contributed by atoms with Gasteiger partial charge in [-0.1, -0.05) is 31.2 Å². The summed E-state index contributed by atoms with van der Waals surface area (Å²) >= 11 is 0. The minimum atomic E-state index is -0.997. The van der Waals surface area contributed by atoms with E-state index in [0.717, 1.165) is 34.6 Å². The van der Waals surface area contributed by atoms with Crippen molar-refractivity contribution in [1.29, 1.82) is 0 Å². The summed E-state index contributed by atoms with van der Waals surface area (Å²) in [5.74, 6) is 1.43. The summed E-state index contributed by atoms with van der Waals surface area (Å²) in [6.07, 6.45) is 2.46. The van der Waals surface area contributed by atoms with Crippen molar-refractivity contribution >= 4 is 16.6 Å². The second kappa shape index (κ2) is 10.9. The van der Waals surface area contributed by atoms with Crippen molar-refractivity contribution in [3.8, 4) is 34.3 Å². The fourth-order valence-electron chi connectivity index (χ4n) is 3.18. The van der Waals surface area contributed by atoms with E-state index in [-0.39, 0.29) is 21.5 Å². The van der Waals surface area contributed by atoms with Gasteiger partial charge in [0.2, 0.25) is 5.89 Å². The van der Waals surface area contributed by atoms with Gasteiger partial charge in [-0.3, -0.25) is 4.21 Å². The molecule has 0 spiro atoms. The third kappa shape index (κ3) is 5.48. The second-order valence-corrected chi connectivity index (χ2v) is 8.77. The van der Waals surface area contributed by atoms with E-state index in [1.807, 2.05) is 62.5 Å². The van der Waals surface area contributed by atoms with E-state index in [1.54, 1.807) is 6.20 Å². The first-order valence-corrected chi connectivity index (χ1v) is 11.6. The molecule has 0 aliphatic heterocycles. The maximum absolute atomic E-state index is 12.2. The van der Waals surface area contributed by atoms with E-state index in [4.69, 9.17) is 10.2 Å². The molecule has 0 radical (unpaired) electrons. The smallest absolute Gasteiger partial charge is 0.270 e. The maximum atomic E-state index is 12.2. The third-order valence-electron chi connectivity index (χ3n) is 4.81. The Morgan fingerprint density at radius 3 is 2.36 bits per heavy atom. The van der Waals surface area contributed by atoms with Crippen LogP contribution in [-0.2, 0) is 17.3 Å². The lowest BCUT2D eigenvalue weighted by Crippen LogP contribution is -2.04. The van der Waals surface area contributed by atoms with E-state index < -0.39 is 10.8 Å². The van der Waals surface area contributed by atoms with Gasteiger partial charge in [-0.05, 0) is 43.3 Å². The van der Waals surface area contributed by atoms with E-state index in [0.29, 0.717) is 23.0 Å². The lowest BCUT2D eigenvalue weighted by Gasteiger charge is -2.06. The number of aromatic nitrogens is 4. The lowest BCUT2D eigenvalue weighted by molar-refractivity contribution is 0.582. The Labute approximate surface area is 198 Å². The predicted octanol–water partition coefficient (Wildman–Crippen LogP) is 3.59. The quantitative estimate of drug-likeness (QED) is 0.395. The number of anilines is 1. The molecule has 2 aromatic carbocycles. The van der Waals surface area contributed by atoms with Gasteiger partial charge in [0.1, 0.15) is 0 Å². The second-order valence-electron chi connectivity index (χ2n) is 7.20. The molecule has 2 aromatic heterocycles. The van der Waals surface area contributed by atoms with Crippen LogP contribution >= 0.6 is 0 Å². The molecule has 2 heterocycles. The average molecular weight is 473 g/mol. The molecule has 0 aliphatic rings. The monoisotopic (exact) mass is 472 g/mol. The predicted molar refractivity (Wildman–Crippen MR) is 135 cm³/mol. The topological polar surface area (TPSA) is 151 Å². The standard InChI is InChI=1S/C23H24N6O2S.H2O.3H2/c1-3-12-32(30)18-10-8-16(9-11-18)19-14-26-21(24)20(27-19)23-29-28-22(31-23)17-6-4-15(5-7-17)13-25-2;;;;/h4-11,14,25H,3,12-13H2,1-2H3,(H2,24,26);1H2;3*1H. The van der Waals surface area contributed by atoms with Gasteiger partial charge in [0.25, 0.3) is 5.89 Å². The molecule has 0 saturated heterocycles. The van der Waals surface area contributed by atoms with Gasteiger partial charge < -0.3 is 20.9 Å². The third-order valence-corrected chi connectivity index (χ3v) is 6.39. The first-order valence-electron chi connectivity index (χ1n) is 10.3. The summed E-state index contributed by atoms with van der Waals surface area (Å²) in [5.41, 5.74) is 9.78. The van der Waals surface area contributed by atoms with E-state index >= 15 is 0 Å². The van der Waals surface area contributed by atoms with Gasteiger partial charge in [-0.15, -0.1) is 10.2 Å². The highest BCUT2D eigenvalue weighted by atomic mass is 32.2. The van der Waals surface area contributed by atoms with Crippen molar-refractivity contribution in [2.45, 2.75) is 24.8 Å². The first kappa shape index (κ1) is 24.2. The Hall–Kier alpha value is -3.47. The van der Waals surface area contributed by atoms with Gasteiger partial charge in [0, 0.05) is 32.6 Å². The summed E-state index contributed by atoms with van der Waals surface area (Å²) in [7, 11) is 0.905. The van der Waals surface area contributed by atoms with E-state index in [1.165, 1.54) is 0 Å². The number of hydrogen-bond donors (Lipinski definition) is 2. The van der Waals surface area contributed by atoms with Crippen LogP contribution in [0.3, 0.4) is 0 Å². The molecule has 0 aliphatic carbocycles. The number of nitrogens with zero attached hydrogens (tertiary/aromatic N) is 4. The van der Waals surface area contributed by atoms with Crippen LogP contribution < -0.4 is 11.1 Å². The van der Waals surface area contributed by atoms with Crippen LogP contribution in [0.5, 0.6) is 0 Å². The van der Waals surface area contributed by atoms with Crippen molar-refractivity contribution in [2.75, 3.05) is 18.5 Å². The summed E-state index contributed by atoms with van der Waals surface area (Å²) in [5, 5.41) is 11.4. The Morgan fingerprint density at radius 2 is 1.70 bits per heavy atom. The van der Waals surface area contributed by atoms with Gasteiger partial charge in [-0.2, -0.15) is 0 Å². The number of hydrogen-bond acceptors (Lipinski definition) is 8. The number of nitrogens with one attached hydrogen (secondary N) is 1. The Morgan fingerprint density at radius 1 is 1.03 bits per heavy atom. The number of nitrogen functional groups attached to an aromatic ring is 1. The van der Waals surface area contributed by atoms with E-state index in [2.05, 4.69) is 25.5 Å². The van der Waals surface area contributed by atoms with Crippen LogP contribution in [0.1, 0.15) is 23.2 Å². The Balaban J connectivity index is 0.00000306. The molecule has 0 bridgehead atoms. The summed E-state index contributed by atoms with van der Waals surface area (Å²) < 4.78 is 18.0. The van der Waals surface area contributed by atoms with Crippen LogP contribution in [0.25, 0.3) is 34.3 Å². The lowest BCUT2D eigenvalue weighted by atomic mass is 10.1. The van der Waals surface area contributed by atoms with Gasteiger partial charge in [-0.25, -0.2) is 9.97 Å². The minimum absolute atomic E-state index is 0. The average Bonchev–Trinajstić information content (AvgIpc) is 3.30. The molecular formula is C23H32N6O3S. The summed E-state index contributed by atoms with van der Waals surface area (Å²) in [6, 6.07) is 15.3. The number of benzene rings is 2. The van der Waals surface area contributed by atoms with Crippen LogP contribution in [-0.4, -0.2) is 42.7 Å². The molecule has 33 heavy (non-hydrogen) atoms. The summed E-state index contributed by atoms with van der Waals surface area (Å²) in [6.45, 7) is 2.80. The molecule has 9 nitrogen and oxygen atoms in total. The van der Waals surface area contributed by atoms with E-state index in [9.17, 15) is 4.21 Å². The zero-order chi connectivity index (χ0) is 22.5. The molecule has 0 amide bonds. The van der Waals surface area contributed by atoms with Crippen molar-refractivity contribution in [2.24, 2.45) is 0 Å². The number of rotatable bonds is 8. The Bertz CT molecular complexity index is 1240. The van der Waals surface area contributed by atoms with Gasteiger partial charge in [0.05, 0.1) is 22.7 Å². The highest BCUT2D eigenvalue weighted by molar-refractivity contribution is 7.85. The van der Waals surface area contributed by atoms with Crippen molar-refractivity contribution in [3.05, 3.63) is 60.3 Å². The summed E-state index contributed by atoms with van der Waals surface area (Å²) in [4.78, 5) is 9.65. The van der Waals surface area contributed by atoms with Gasteiger partial charge >= 0.3 is 0 Å².